The van der Waals surface area contributed by atoms with Crippen LogP contribution in [0.4, 0.5) is 0 Å². The van der Waals surface area contributed by atoms with Crippen molar-refractivity contribution in [3.8, 4) is 0 Å². The summed E-state index contributed by atoms with van der Waals surface area (Å²) in [6.45, 7) is 5.80. The second-order valence-electron chi connectivity index (χ2n) is 4.46. The van der Waals surface area contributed by atoms with Gasteiger partial charge in [-0.15, -0.1) is 0 Å². The van der Waals surface area contributed by atoms with Crippen molar-refractivity contribution in [2.24, 2.45) is 5.73 Å². The van der Waals surface area contributed by atoms with E-state index in [1.165, 1.54) is 5.69 Å². The summed E-state index contributed by atoms with van der Waals surface area (Å²) >= 11 is 0. The van der Waals surface area contributed by atoms with Gasteiger partial charge in [-0.3, -0.25) is 4.68 Å². The van der Waals surface area contributed by atoms with E-state index in [2.05, 4.69) is 25.0 Å². The van der Waals surface area contributed by atoms with E-state index in [0.717, 1.165) is 31.5 Å². The molecule has 1 aliphatic carbocycles. The third-order valence-corrected chi connectivity index (χ3v) is 3.17. The second-order valence-corrected chi connectivity index (χ2v) is 4.46. The lowest BCUT2D eigenvalue weighted by Crippen LogP contribution is -2.41. The zero-order valence-corrected chi connectivity index (χ0v) is 10.1. The van der Waals surface area contributed by atoms with Crippen molar-refractivity contribution in [2.75, 3.05) is 0 Å². The maximum Gasteiger partial charge on any atom is 0.0888 e. The molecule has 4 nitrogen and oxygen atoms in total. The lowest BCUT2D eigenvalue weighted by Gasteiger charge is -2.32. The van der Waals surface area contributed by atoms with Crippen LogP contribution in [0.3, 0.4) is 0 Å². The van der Waals surface area contributed by atoms with Crippen LogP contribution in [-0.4, -0.2) is 21.9 Å². The van der Waals surface area contributed by atoms with Crippen LogP contribution in [0.1, 0.15) is 38.1 Å². The quantitative estimate of drug-likeness (QED) is 0.822. The van der Waals surface area contributed by atoms with E-state index < -0.39 is 0 Å². The number of nitrogens with zero attached hydrogens (tertiary/aromatic N) is 2. The lowest BCUT2D eigenvalue weighted by atomic mass is 9.90. The second kappa shape index (κ2) is 4.97. The molecule has 1 heterocycles. The Bertz CT molecular complexity index is 342. The maximum absolute atomic E-state index is 5.79. The van der Waals surface area contributed by atoms with Gasteiger partial charge in [0.2, 0.25) is 0 Å². The predicted molar refractivity (Wildman–Crippen MR) is 63.1 cm³/mol. The average Bonchev–Trinajstić information content (AvgIpc) is 2.65. The summed E-state index contributed by atoms with van der Waals surface area (Å²) in [5.41, 5.74) is 8.05. The lowest BCUT2D eigenvalue weighted by molar-refractivity contribution is -0.0215. The van der Waals surface area contributed by atoms with E-state index in [1.54, 1.807) is 0 Å². The van der Waals surface area contributed by atoms with Gasteiger partial charge in [0.05, 0.1) is 24.1 Å². The van der Waals surface area contributed by atoms with Crippen LogP contribution in [0.2, 0.25) is 0 Å². The highest BCUT2D eigenvalue weighted by molar-refractivity contribution is 5.09. The summed E-state index contributed by atoms with van der Waals surface area (Å²) in [7, 11) is 0. The van der Waals surface area contributed by atoms with Gasteiger partial charge >= 0.3 is 0 Å². The highest BCUT2D eigenvalue weighted by Crippen LogP contribution is 2.22. The van der Waals surface area contributed by atoms with Crippen molar-refractivity contribution < 1.29 is 4.74 Å². The minimum absolute atomic E-state index is 0.354. The van der Waals surface area contributed by atoms with E-state index in [4.69, 9.17) is 10.5 Å². The third-order valence-electron chi connectivity index (χ3n) is 3.17. The van der Waals surface area contributed by atoms with Crippen molar-refractivity contribution in [2.45, 2.75) is 58.4 Å². The Labute approximate surface area is 96.8 Å². The van der Waals surface area contributed by atoms with Gasteiger partial charge in [-0.1, -0.05) is 6.92 Å². The molecule has 4 heteroatoms. The molecule has 1 fully saturated rings. The number of rotatable bonds is 5. The topological polar surface area (TPSA) is 53.1 Å². The molecule has 2 N–H and O–H groups in total. The Hall–Kier alpha value is -0.870. The predicted octanol–water partition coefficient (Wildman–Crippen LogP) is 1.47. The molecule has 1 aromatic rings. The number of nitrogens with two attached hydrogens (primary N) is 1. The molecule has 0 unspecified atom stereocenters. The van der Waals surface area contributed by atoms with Crippen LogP contribution in [0.5, 0.6) is 0 Å². The molecule has 0 radical (unpaired) electrons. The highest BCUT2D eigenvalue weighted by atomic mass is 16.5. The van der Waals surface area contributed by atoms with Crippen molar-refractivity contribution in [3.63, 3.8) is 0 Å². The molecule has 0 bridgehead atoms. The third kappa shape index (κ3) is 2.44. The average molecular weight is 223 g/mol. The minimum Gasteiger partial charge on any atom is -0.372 e. The Kier molecular flexibility index (Phi) is 3.61. The van der Waals surface area contributed by atoms with E-state index >= 15 is 0 Å². The fourth-order valence-corrected chi connectivity index (χ4v) is 2.02. The summed E-state index contributed by atoms with van der Waals surface area (Å²) < 4.78 is 7.82. The van der Waals surface area contributed by atoms with Crippen molar-refractivity contribution in [1.82, 2.24) is 9.78 Å². The molecule has 16 heavy (non-hydrogen) atoms. The molecular weight excluding hydrogens is 202 g/mol. The molecule has 0 spiro atoms. The van der Waals surface area contributed by atoms with Crippen LogP contribution in [0.25, 0.3) is 0 Å². The molecule has 0 aromatic carbocycles. The number of ether oxygens (including phenoxy) is 1. The first-order chi connectivity index (χ1) is 7.72. The largest absolute Gasteiger partial charge is 0.372 e. The maximum atomic E-state index is 5.79. The fraction of sp³-hybridized carbons (Fsp3) is 0.750. The van der Waals surface area contributed by atoms with Gasteiger partial charge in [0, 0.05) is 12.6 Å². The molecule has 1 saturated carbocycles. The summed E-state index contributed by atoms with van der Waals surface area (Å²) in [5.74, 6) is 0. The fourth-order valence-electron chi connectivity index (χ4n) is 2.02. The van der Waals surface area contributed by atoms with Gasteiger partial charge in [0.25, 0.3) is 0 Å². The Balaban J connectivity index is 1.89. The monoisotopic (exact) mass is 223 g/mol. The summed E-state index contributed by atoms with van der Waals surface area (Å²) in [6, 6.07) is 2.49. The number of hydrogen-bond donors (Lipinski definition) is 1. The highest BCUT2D eigenvalue weighted by Gasteiger charge is 2.26. The van der Waals surface area contributed by atoms with Gasteiger partial charge in [-0.25, -0.2) is 0 Å². The first-order valence-corrected chi connectivity index (χ1v) is 6.15. The Morgan fingerprint density at radius 3 is 2.81 bits per heavy atom. The zero-order chi connectivity index (χ0) is 11.5. The van der Waals surface area contributed by atoms with Crippen molar-refractivity contribution in [1.29, 1.82) is 0 Å². The molecular formula is C12H21N3O. The van der Waals surface area contributed by atoms with Crippen LogP contribution in [0, 0.1) is 0 Å². The molecule has 90 valence electrons. The van der Waals surface area contributed by atoms with Crippen LogP contribution in [0.15, 0.2) is 6.07 Å². The minimum atomic E-state index is 0.354. The molecule has 0 saturated heterocycles. The van der Waals surface area contributed by atoms with Gasteiger partial charge in [-0.2, -0.15) is 5.10 Å². The van der Waals surface area contributed by atoms with Gasteiger partial charge in [0.1, 0.15) is 0 Å². The van der Waals surface area contributed by atoms with Gasteiger partial charge in [0.15, 0.2) is 0 Å². The van der Waals surface area contributed by atoms with E-state index in [1.807, 2.05) is 4.68 Å². The van der Waals surface area contributed by atoms with Crippen molar-refractivity contribution >= 4 is 0 Å². The molecule has 1 aliphatic rings. The Morgan fingerprint density at radius 1 is 1.50 bits per heavy atom. The van der Waals surface area contributed by atoms with Gasteiger partial charge in [-0.05, 0) is 32.3 Å². The molecule has 1 aromatic heterocycles. The summed E-state index contributed by atoms with van der Waals surface area (Å²) in [6.07, 6.45) is 3.34. The first-order valence-electron chi connectivity index (χ1n) is 6.15. The number of aryl methyl sites for hydroxylation is 2. The van der Waals surface area contributed by atoms with Gasteiger partial charge < -0.3 is 10.5 Å². The van der Waals surface area contributed by atoms with Crippen LogP contribution >= 0.6 is 0 Å². The summed E-state index contributed by atoms with van der Waals surface area (Å²) in [5, 5.41) is 4.50. The van der Waals surface area contributed by atoms with Crippen LogP contribution < -0.4 is 5.73 Å². The SMILES string of the molecule is CCc1cc(COC2CC(N)C2)n(CC)n1. The van der Waals surface area contributed by atoms with E-state index in [0.29, 0.717) is 18.8 Å². The zero-order valence-electron chi connectivity index (χ0n) is 10.1. The standard InChI is InChI=1S/C12H21N3O/c1-3-10-7-11(15(4-2)14-10)8-16-12-5-9(13)6-12/h7,9,12H,3-6,8,13H2,1-2H3. The van der Waals surface area contributed by atoms with E-state index in [-0.39, 0.29) is 0 Å². The normalized spacial score (nSPS) is 24.4. The first kappa shape index (κ1) is 11.6. The smallest absolute Gasteiger partial charge is 0.0888 e. The molecule has 0 aliphatic heterocycles. The van der Waals surface area contributed by atoms with Crippen molar-refractivity contribution in [3.05, 3.63) is 17.5 Å². The molecule has 0 atom stereocenters. The Morgan fingerprint density at radius 2 is 2.25 bits per heavy atom. The molecule has 2 rings (SSSR count). The summed E-state index contributed by atoms with van der Waals surface area (Å²) in [4.78, 5) is 0. The van der Waals surface area contributed by atoms with Crippen LogP contribution in [-0.2, 0) is 24.3 Å². The molecule has 0 amide bonds. The number of hydrogen-bond acceptors (Lipinski definition) is 3. The number of aromatic nitrogens is 2. The van der Waals surface area contributed by atoms with E-state index in [9.17, 15) is 0 Å².